The minimum Gasteiger partial charge on any atom is -0.494 e. The Bertz CT molecular complexity index is 1390. The SMILES string of the molecule is COc1cc([C@@H]2CC(c3c(O)n(C)c(=S)n(C)c3=O)=Nc3ccccc3S2)cc(OC)c1OC. The van der Waals surface area contributed by atoms with E-state index in [2.05, 4.69) is 0 Å². The molecule has 0 radical (unpaired) electrons. The van der Waals surface area contributed by atoms with E-state index in [0.29, 0.717) is 29.4 Å². The first-order chi connectivity index (χ1) is 16.3. The number of aromatic nitrogens is 2. The fourth-order valence-electron chi connectivity index (χ4n) is 3.93. The van der Waals surface area contributed by atoms with Gasteiger partial charge in [0.05, 0.1) is 32.7 Å². The second kappa shape index (κ2) is 9.55. The average Bonchev–Trinajstić information content (AvgIpc) is 3.05. The molecule has 10 heteroatoms. The number of methoxy groups -OCH3 is 3. The fourth-order valence-corrected chi connectivity index (χ4v) is 5.31. The maximum absolute atomic E-state index is 13.2. The van der Waals surface area contributed by atoms with Gasteiger partial charge in [0, 0.05) is 30.7 Å². The Labute approximate surface area is 206 Å². The lowest BCUT2D eigenvalue weighted by Gasteiger charge is -2.20. The monoisotopic (exact) mass is 499 g/mol. The summed E-state index contributed by atoms with van der Waals surface area (Å²) in [6.07, 6.45) is 0.373. The molecule has 0 unspecified atom stereocenters. The highest BCUT2D eigenvalue weighted by Crippen LogP contribution is 2.49. The van der Waals surface area contributed by atoms with Crippen molar-refractivity contribution in [2.24, 2.45) is 19.1 Å². The Morgan fingerprint density at radius 3 is 2.32 bits per heavy atom. The van der Waals surface area contributed by atoms with Gasteiger partial charge in [-0.3, -0.25) is 18.9 Å². The summed E-state index contributed by atoms with van der Waals surface area (Å²) in [5.74, 6) is 1.37. The number of aliphatic imine (C=N–C) groups is 1. The summed E-state index contributed by atoms with van der Waals surface area (Å²) in [7, 11) is 7.91. The molecule has 0 saturated carbocycles. The first-order valence-corrected chi connectivity index (χ1v) is 11.7. The van der Waals surface area contributed by atoms with Crippen LogP contribution in [0.4, 0.5) is 5.69 Å². The second-order valence-corrected chi connectivity index (χ2v) is 9.31. The highest BCUT2D eigenvalue weighted by molar-refractivity contribution is 7.99. The topological polar surface area (TPSA) is 87.2 Å². The van der Waals surface area contributed by atoms with Gasteiger partial charge in [-0.05, 0) is 42.0 Å². The van der Waals surface area contributed by atoms with E-state index in [-0.39, 0.29) is 21.5 Å². The number of nitrogens with zero attached hydrogens (tertiary/aromatic N) is 3. The molecule has 0 amide bonds. The van der Waals surface area contributed by atoms with Gasteiger partial charge in [-0.15, -0.1) is 11.8 Å². The van der Waals surface area contributed by atoms with E-state index in [1.54, 1.807) is 47.2 Å². The third-order valence-electron chi connectivity index (χ3n) is 5.75. The highest BCUT2D eigenvalue weighted by atomic mass is 32.2. The molecule has 1 N–H and O–H groups in total. The number of hydrogen-bond donors (Lipinski definition) is 1. The Balaban J connectivity index is 1.94. The Hall–Kier alpha value is -3.24. The van der Waals surface area contributed by atoms with E-state index >= 15 is 0 Å². The Morgan fingerprint density at radius 1 is 1.06 bits per heavy atom. The van der Waals surface area contributed by atoms with Crippen molar-refractivity contribution in [1.82, 2.24) is 9.13 Å². The predicted octanol–water partition coefficient (Wildman–Crippen LogP) is 4.54. The molecule has 1 aliphatic rings. The first-order valence-electron chi connectivity index (χ1n) is 10.4. The van der Waals surface area contributed by atoms with Gasteiger partial charge in [0.15, 0.2) is 16.3 Å². The lowest BCUT2D eigenvalue weighted by atomic mass is 10.0. The third kappa shape index (κ3) is 4.07. The number of hydrogen-bond acceptors (Lipinski definition) is 8. The molecule has 0 bridgehead atoms. The summed E-state index contributed by atoms with van der Waals surface area (Å²) in [5, 5.41) is 10.7. The fraction of sp³-hybridized carbons (Fsp3) is 0.292. The van der Waals surface area contributed by atoms with Gasteiger partial charge in [-0.2, -0.15) is 0 Å². The molecule has 1 atom stereocenters. The number of benzene rings is 2. The quantitative estimate of drug-likeness (QED) is 0.516. The molecule has 0 fully saturated rings. The van der Waals surface area contributed by atoms with Gasteiger partial charge in [-0.25, -0.2) is 0 Å². The van der Waals surface area contributed by atoms with E-state index in [9.17, 15) is 9.90 Å². The van der Waals surface area contributed by atoms with E-state index in [4.69, 9.17) is 31.4 Å². The van der Waals surface area contributed by atoms with Crippen molar-refractivity contribution in [2.45, 2.75) is 16.6 Å². The van der Waals surface area contributed by atoms with Crippen molar-refractivity contribution >= 4 is 35.4 Å². The molecule has 34 heavy (non-hydrogen) atoms. The van der Waals surface area contributed by atoms with Crippen LogP contribution in [0.25, 0.3) is 0 Å². The molecule has 2 heterocycles. The van der Waals surface area contributed by atoms with Crippen LogP contribution in [0.2, 0.25) is 0 Å². The standard InChI is InChI=1S/C24H25N3O5S2/c1-26-22(28)20(23(29)27(2)24(26)33)15-12-19(34-18-9-7-6-8-14(18)25-15)13-10-16(30-3)21(32-5)17(11-13)31-4/h6-11,19,28H,12H2,1-5H3/t19-/m0/s1. The van der Waals surface area contributed by atoms with E-state index in [1.165, 1.54) is 9.13 Å². The minimum atomic E-state index is -0.396. The number of thioether (sulfide) groups is 1. The predicted molar refractivity (Wildman–Crippen MR) is 135 cm³/mol. The number of rotatable bonds is 5. The molecule has 8 nitrogen and oxygen atoms in total. The molecule has 4 rings (SSSR count). The lowest BCUT2D eigenvalue weighted by molar-refractivity contribution is 0.324. The van der Waals surface area contributed by atoms with Crippen molar-refractivity contribution in [3.8, 4) is 23.1 Å². The maximum Gasteiger partial charge on any atom is 0.267 e. The van der Waals surface area contributed by atoms with Crippen molar-refractivity contribution in [2.75, 3.05) is 21.3 Å². The summed E-state index contributed by atoms with van der Waals surface area (Å²) in [5.41, 5.74) is 1.84. The van der Waals surface area contributed by atoms with Crippen LogP contribution < -0.4 is 19.8 Å². The average molecular weight is 500 g/mol. The van der Waals surface area contributed by atoms with Crippen LogP contribution in [0, 0.1) is 4.77 Å². The maximum atomic E-state index is 13.2. The number of aromatic hydroxyl groups is 1. The smallest absolute Gasteiger partial charge is 0.267 e. The van der Waals surface area contributed by atoms with E-state index in [0.717, 1.165) is 16.1 Å². The zero-order chi connectivity index (χ0) is 24.6. The number of para-hydroxylation sites is 1. The molecule has 0 saturated heterocycles. The van der Waals surface area contributed by atoms with Gasteiger partial charge in [0.25, 0.3) is 5.56 Å². The normalized spacial score (nSPS) is 15.2. The third-order valence-corrected chi connectivity index (χ3v) is 7.62. The molecule has 3 aromatic rings. The van der Waals surface area contributed by atoms with Crippen LogP contribution in [0.5, 0.6) is 23.1 Å². The first kappa shape index (κ1) is 23.9. The van der Waals surface area contributed by atoms with Crippen molar-refractivity contribution in [1.29, 1.82) is 0 Å². The molecule has 0 aliphatic carbocycles. The Kier molecular flexibility index (Phi) is 6.72. The van der Waals surface area contributed by atoms with Gasteiger partial charge >= 0.3 is 0 Å². The van der Waals surface area contributed by atoms with Crippen molar-refractivity contribution < 1.29 is 19.3 Å². The largest absolute Gasteiger partial charge is 0.494 e. The second-order valence-electron chi connectivity index (χ2n) is 7.70. The van der Waals surface area contributed by atoms with Crippen molar-refractivity contribution in [3.63, 3.8) is 0 Å². The number of ether oxygens (including phenoxy) is 3. The molecule has 0 spiro atoms. The molecule has 1 aromatic heterocycles. The zero-order valence-electron chi connectivity index (χ0n) is 19.5. The van der Waals surface area contributed by atoms with E-state index < -0.39 is 5.56 Å². The van der Waals surface area contributed by atoms with Gasteiger partial charge in [0.2, 0.25) is 11.6 Å². The summed E-state index contributed by atoms with van der Waals surface area (Å²) in [6, 6.07) is 11.5. The van der Waals surface area contributed by atoms with Crippen LogP contribution in [0.1, 0.15) is 22.8 Å². The van der Waals surface area contributed by atoms with Crippen LogP contribution in [-0.2, 0) is 14.1 Å². The van der Waals surface area contributed by atoms with Crippen LogP contribution >= 0.6 is 24.0 Å². The molecule has 178 valence electrons. The Morgan fingerprint density at radius 2 is 1.71 bits per heavy atom. The summed E-state index contributed by atoms with van der Waals surface area (Å²) in [6.45, 7) is 0. The molecule has 1 aliphatic heterocycles. The van der Waals surface area contributed by atoms with Crippen molar-refractivity contribution in [3.05, 3.63) is 62.6 Å². The van der Waals surface area contributed by atoms with Crippen LogP contribution in [-0.4, -0.2) is 41.3 Å². The molecular weight excluding hydrogens is 474 g/mol. The lowest BCUT2D eigenvalue weighted by Crippen LogP contribution is -2.29. The van der Waals surface area contributed by atoms with E-state index in [1.807, 2.05) is 36.4 Å². The highest BCUT2D eigenvalue weighted by Gasteiger charge is 2.28. The summed E-state index contributed by atoms with van der Waals surface area (Å²) >= 11 is 6.90. The summed E-state index contributed by atoms with van der Waals surface area (Å²) in [4.78, 5) is 19.0. The van der Waals surface area contributed by atoms with Gasteiger partial charge in [-0.1, -0.05) is 12.1 Å². The van der Waals surface area contributed by atoms with Gasteiger partial charge in [0.1, 0.15) is 5.56 Å². The number of fused-ring (bicyclic) bond motifs is 1. The van der Waals surface area contributed by atoms with Crippen LogP contribution in [0.3, 0.4) is 0 Å². The summed E-state index contributed by atoms with van der Waals surface area (Å²) < 4.78 is 19.5. The van der Waals surface area contributed by atoms with Crippen LogP contribution in [0.15, 0.2) is 51.1 Å². The molecular formula is C24H25N3O5S2. The zero-order valence-corrected chi connectivity index (χ0v) is 21.1. The molecule has 2 aromatic carbocycles. The van der Waals surface area contributed by atoms with Gasteiger partial charge < -0.3 is 19.3 Å². The minimum absolute atomic E-state index is 0.133.